The Morgan fingerprint density at radius 3 is 3.08 bits per heavy atom. The van der Waals surface area contributed by atoms with Crippen LogP contribution in [0.15, 0.2) is 24.5 Å². The third-order valence-electron chi connectivity index (χ3n) is 4.15. The average molecular weight is 348 g/mol. The van der Waals surface area contributed by atoms with Crippen LogP contribution in [-0.2, 0) is 22.7 Å². The standard InChI is InChI=1S/C15H14ClN5O3/c16-10-1-2-12-11(5-10)21(15(23)8-24-12)7-14(22)19-3-4-20-9-17-18-13(20)6-19/h1-2,5,9H,3-4,6-8H2. The molecule has 8 nitrogen and oxygen atoms in total. The number of carbonyl (C=O) groups excluding carboxylic acids is 2. The number of fused-ring (bicyclic) bond motifs is 2. The first-order valence-electron chi connectivity index (χ1n) is 7.49. The summed E-state index contributed by atoms with van der Waals surface area (Å²) in [5.41, 5.74) is 0.521. The van der Waals surface area contributed by atoms with E-state index in [0.29, 0.717) is 36.1 Å². The molecule has 24 heavy (non-hydrogen) atoms. The second-order valence-corrected chi connectivity index (χ2v) is 6.07. The molecule has 0 saturated carbocycles. The Bertz CT molecular complexity index is 821. The molecule has 0 N–H and O–H groups in total. The van der Waals surface area contributed by atoms with E-state index in [-0.39, 0.29) is 25.0 Å². The zero-order valence-corrected chi connectivity index (χ0v) is 13.4. The Labute approximate surface area is 142 Å². The van der Waals surface area contributed by atoms with Gasteiger partial charge in [0.2, 0.25) is 5.91 Å². The first-order chi connectivity index (χ1) is 11.6. The molecule has 1 aromatic heterocycles. The summed E-state index contributed by atoms with van der Waals surface area (Å²) in [5.74, 6) is 0.875. The van der Waals surface area contributed by atoms with Crippen LogP contribution in [0.3, 0.4) is 0 Å². The van der Waals surface area contributed by atoms with Crippen LogP contribution in [0, 0.1) is 0 Å². The van der Waals surface area contributed by atoms with Crippen LogP contribution in [0.4, 0.5) is 5.69 Å². The number of rotatable bonds is 2. The third-order valence-corrected chi connectivity index (χ3v) is 4.38. The van der Waals surface area contributed by atoms with Crippen molar-refractivity contribution >= 4 is 29.1 Å². The van der Waals surface area contributed by atoms with Gasteiger partial charge in [0.05, 0.1) is 12.2 Å². The van der Waals surface area contributed by atoms with Gasteiger partial charge in [-0.25, -0.2) is 0 Å². The molecule has 3 heterocycles. The van der Waals surface area contributed by atoms with E-state index in [2.05, 4.69) is 10.2 Å². The van der Waals surface area contributed by atoms with Gasteiger partial charge in [0.25, 0.3) is 5.91 Å². The van der Waals surface area contributed by atoms with Crippen molar-refractivity contribution in [3.63, 3.8) is 0 Å². The summed E-state index contributed by atoms with van der Waals surface area (Å²) in [4.78, 5) is 27.9. The van der Waals surface area contributed by atoms with E-state index >= 15 is 0 Å². The average Bonchev–Trinajstić information content (AvgIpc) is 3.05. The van der Waals surface area contributed by atoms with Crippen molar-refractivity contribution in [1.82, 2.24) is 19.7 Å². The molecule has 0 aliphatic carbocycles. The van der Waals surface area contributed by atoms with Gasteiger partial charge in [0.1, 0.15) is 18.6 Å². The summed E-state index contributed by atoms with van der Waals surface area (Å²) in [7, 11) is 0. The van der Waals surface area contributed by atoms with Gasteiger partial charge < -0.3 is 14.2 Å². The van der Waals surface area contributed by atoms with Gasteiger partial charge in [-0.3, -0.25) is 14.5 Å². The number of hydrogen-bond donors (Lipinski definition) is 0. The van der Waals surface area contributed by atoms with Crippen LogP contribution in [0.1, 0.15) is 5.82 Å². The first kappa shape index (κ1) is 14.9. The Morgan fingerprint density at radius 1 is 1.33 bits per heavy atom. The molecule has 2 aliphatic rings. The second kappa shape index (κ2) is 5.79. The molecule has 0 radical (unpaired) electrons. The number of nitrogens with zero attached hydrogens (tertiary/aromatic N) is 5. The monoisotopic (exact) mass is 347 g/mol. The molecule has 0 unspecified atom stereocenters. The van der Waals surface area contributed by atoms with E-state index in [4.69, 9.17) is 16.3 Å². The maximum atomic E-state index is 12.6. The molecule has 2 aromatic rings. The summed E-state index contributed by atoms with van der Waals surface area (Å²) < 4.78 is 7.30. The number of carbonyl (C=O) groups is 2. The molecule has 0 fully saturated rings. The Hall–Kier alpha value is -2.61. The fourth-order valence-electron chi connectivity index (χ4n) is 2.86. The van der Waals surface area contributed by atoms with Crippen LogP contribution in [0.25, 0.3) is 0 Å². The van der Waals surface area contributed by atoms with Crippen molar-refractivity contribution in [1.29, 1.82) is 0 Å². The highest BCUT2D eigenvalue weighted by Gasteiger charge is 2.30. The van der Waals surface area contributed by atoms with Gasteiger partial charge in [-0.15, -0.1) is 10.2 Å². The highest BCUT2D eigenvalue weighted by atomic mass is 35.5. The fourth-order valence-corrected chi connectivity index (χ4v) is 3.03. The molecule has 0 atom stereocenters. The van der Waals surface area contributed by atoms with Gasteiger partial charge in [-0.2, -0.15) is 0 Å². The first-order valence-corrected chi connectivity index (χ1v) is 7.87. The minimum Gasteiger partial charge on any atom is -0.482 e. The molecule has 0 bridgehead atoms. The zero-order valence-electron chi connectivity index (χ0n) is 12.7. The highest BCUT2D eigenvalue weighted by Crippen LogP contribution is 2.34. The van der Waals surface area contributed by atoms with Gasteiger partial charge >= 0.3 is 0 Å². The zero-order chi connectivity index (χ0) is 16.7. The topological polar surface area (TPSA) is 80.6 Å². The van der Waals surface area contributed by atoms with E-state index in [0.717, 1.165) is 5.82 Å². The third kappa shape index (κ3) is 2.58. The SMILES string of the molecule is O=C(CN1C(=O)COc2ccc(Cl)cc21)N1CCn2cnnc2C1. The van der Waals surface area contributed by atoms with Crippen LogP contribution in [0.5, 0.6) is 5.75 Å². The molecule has 0 spiro atoms. The van der Waals surface area contributed by atoms with E-state index < -0.39 is 0 Å². The van der Waals surface area contributed by atoms with Gasteiger partial charge in [-0.05, 0) is 18.2 Å². The van der Waals surface area contributed by atoms with Crippen molar-refractivity contribution in [3.05, 3.63) is 35.4 Å². The number of amides is 2. The number of hydrogen-bond acceptors (Lipinski definition) is 5. The lowest BCUT2D eigenvalue weighted by Gasteiger charge is -2.32. The minimum absolute atomic E-state index is 0.0519. The van der Waals surface area contributed by atoms with Crippen molar-refractivity contribution in [3.8, 4) is 5.75 Å². The minimum atomic E-state index is -0.265. The molecule has 1 aromatic carbocycles. The van der Waals surface area contributed by atoms with E-state index in [1.165, 1.54) is 4.90 Å². The summed E-state index contributed by atoms with van der Waals surface area (Å²) in [6.07, 6.45) is 1.65. The predicted octanol–water partition coefficient (Wildman–Crippen LogP) is 0.699. The number of anilines is 1. The van der Waals surface area contributed by atoms with E-state index in [1.807, 2.05) is 4.57 Å². The predicted molar refractivity (Wildman–Crippen MR) is 84.7 cm³/mol. The van der Waals surface area contributed by atoms with Crippen molar-refractivity contribution in [2.75, 3.05) is 24.6 Å². The molecule has 9 heteroatoms. The number of benzene rings is 1. The Kier molecular flexibility index (Phi) is 3.61. The molecular weight excluding hydrogens is 334 g/mol. The molecule has 2 amide bonds. The number of halogens is 1. The normalized spacial score (nSPS) is 16.5. The lowest BCUT2D eigenvalue weighted by Crippen LogP contribution is -2.48. The van der Waals surface area contributed by atoms with Crippen molar-refractivity contribution in [2.24, 2.45) is 0 Å². The lowest BCUT2D eigenvalue weighted by molar-refractivity contribution is -0.133. The lowest BCUT2D eigenvalue weighted by atomic mass is 10.2. The summed E-state index contributed by atoms with van der Waals surface area (Å²) in [6, 6.07) is 5.02. The summed E-state index contributed by atoms with van der Waals surface area (Å²) in [6.45, 7) is 1.46. The van der Waals surface area contributed by atoms with Crippen LogP contribution in [0.2, 0.25) is 5.02 Å². The van der Waals surface area contributed by atoms with Gasteiger partial charge in [-0.1, -0.05) is 11.6 Å². The van der Waals surface area contributed by atoms with Crippen LogP contribution < -0.4 is 9.64 Å². The van der Waals surface area contributed by atoms with Crippen LogP contribution in [-0.4, -0.2) is 51.2 Å². The van der Waals surface area contributed by atoms with E-state index in [1.54, 1.807) is 29.4 Å². The molecule has 2 aliphatic heterocycles. The smallest absolute Gasteiger partial charge is 0.265 e. The second-order valence-electron chi connectivity index (χ2n) is 5.64. The Balaban J connectivity index is 1.54. The molecule has 4 rings (SSSR count). The quantitative estimate of drug-likeness (QED) is 0.799. The summed E-state index contributed by atoms with van der Waals surface area (Å²) >= 11 is 6.01. The van der Waals surface area contributed by atoms with E-state index in [9.17, 15) is 9.59 Å². The number of ether oxygens (including phenoxy) is 1. The van der Waals surface area contributed by atoms with Crippen molar-refractivity contribution in [2.45, 2.75) is 13.1 Å². The van der Waals surface area contributed by atoms with Gasteiger partial charge in [0, 0.05) is 18.1 Å². The molecule has 0 saturated heterocycles. The highest BCUT2D eigenvalue weighted by molar-refractivity contribution is 6.31. The van der Waals surface area contributed by atoms with Crippen LogP contribution >= 0.6 is 11.6 Å². The Morgan fingerprint density at radius 2 is 2.21 bits per heavy atom. The van der Waals surface area contributed by atoms with Crippen molar-refractivity contribution < 1.29 is 14.3 Å². The molecular formula is C15H14ClN5O3. The maximum absolute atomic E-state index is 12.6. The van der Waals surface area contributed by atoms with Gasteiger partial charge in [0.15, 0.2) is 12.4 Å². The fraction of sp³-hybridized carbons (Fsp3) is 0.333. The largest absolute Gasteiger partial charge is 0.482 e. The molecule has 124 valence electrons. The number of aromatic nitrogens is 3. The summed E-state index contributed by atoms with van der Waals surface area (Å²) in [5, 5.41) is 8.33. The maximum Gasteiger partial charge on any atom is 0.265 e.